The van der Waals surface area contributed by atoms with E-state index in [-0.39, 0.29) is 24.4 Å². The van der Waals surface area contributed by atoms with Gasteiger partial charge in [-0.15, -0.1) is 23.7 Å². The molecule has 2 rings (SSSR count). The molecule has 0 saturated heterocycles. The van der Waals surface area contributed by atoms with E-state index < -0.39 is 0 Å². The molecule has 0 aliphatic heterocycles. The van der Waals surface area contributed by atoms with Gasteiger partial charge in [0, 0.05) is 17.5 Å². The van der Waals surface area contributed by atoms with Gasteiger partial charge < -0.3 is 11.1 Å². The van der Waals surface area contributed by atoms with Crippen molar-refractivity contribution in [2.75, 3.05) is 6.54 Å². The summed E-state index contributed by atoms with van der Waals surface area (Å²) in [5, 5.41) is 2.91. The van der Waals surface area contributed by atoms with E-state index in [2.05, 4.69) is 12.2 Å². The number of carbonyl (C=O) groups excluding carboxylic acids is 1. The lowest BCUT2D eigenvalue weighted by Gasteiger charge is -2.12. The maximum atomic E-state index is 12.1. The first kappa shape index (κ1) is 17.7. The van der Waals surface area contributed by atoms with E-state index in [0.717, 1.165) is 16.9 Å². The Morgan fingerprint density at radius 1 is 1.33 bits per heavy atom. The number of hydrogen-bond donors (Lipinski definition) is 2. The largest absolute Gasteiger partial charge is 0.349 e. The van der Waals surface area contributed by atoms with Crippen molar-refractivity contribution in [2.24, 2.45) is 5.73 Å². The number of thiophene rings is 1. The third-order valence-electron chi connectivity index (χ3n) is 3.28. The van der Waals surface area contributed by atoms with Gasteiger partial charge in [0.25, 0.3) is 5.91 Å². The van der Waals surface area contributed by atoms with E-state index >= 15 is 0 Å². The fraction of sp³-hybridized carbons (Fsp3) is 0.312. The summed E-state index contributed by atoms with van der Waals surface area (Å²) in [4.78, 5) is 14.1. The predicted molar refractivity (Wildman–Crippen MR) is 91.4 cm³/mol. The lowest BCUT2D eigenvalue weighted by molar-refractivity contribution is 0.0955. The summed E-state index contributed by atoms with van der Waals surface area (Å²) < 4.78 is 0. The molecular formula is C16H21ClN2OS. The minimum atomic E-state index is -0.174. The maximum Gasteiger partial charge on any atom is 0.261 e. The van der Waals surface area contributed by atoms with Crippen LogP contribution in [-0.4, -0.2) is 12.5 Å². The number of rotatable bonds is 5. The Morgan fingerprint density at radius 3 is 2.57 bits per heavy atom. The number of aryl methyl sites for hydroxylation is 2. The van der Waals surface area contributed by atoms with E-state index in [4.69, 9.17) is 5.73 Å². The highest BCUT2D eigenvalue weighted by Gasteiger charge is 2.13. The smallest absolute Gasteiger partial charge is 0.261 e. The lowest BCUT2D eigenvalue weighted by Crippen LogP contribution is -2.31. The second kappa shape index (κ2) is 8.17. The molecule has 0 bridgehead atoms. The number of hydrogen-bond acceptors (Lipinski definition) is 3. The summed E-state index contributed by atoms with van der Waals surface area (Å²) in [5.74, 6) is -0.0378. The van der Waals surface area contributed by atoms with Crippen LogP contribution in [0.15, 0.2) is 36.4 Å². The van der Waals surface area contributed by atoms with E-state index in [1.165, 1.54) is 10.4 Å². The first-order valence-electron chi connectivity index (χ1n) is 6.79. The minimum Gasteiger partial charge on any atom is -0.349 e. The van der Waals surface area contributed by atoms with Crippen molar-refractivity contribution < 1.29 is 4.79 Å². The van der Waals surface area contributed by atoms with Gasteiger partial charge in [0.2, 0.25) is 0 Å². The Morgan fingerprint density at radius 2 is 2.00 bits per heavy atom. The van der Waals surface area contributed by atoms with Crippen LogP contribution in [0.25, 0.3) is 0 Å². The molecule has 0 aliphatic rings. The quantitative estimate of drug-likeness (QED) is 0.884. The van der Waals surface area contributed by atoms with Crippen LogP contribution in [-0.2, 0) is 6.42 Å². The minimum absolute atomic E-state index is 0. The topological polar surface area (TPSA) is 55.1 Å². The van der Waals surface area contributed by atoms with Crippen molar-refractivity contribution in [3.8, 4) is 0 Å². The molecule has 3 nitrogen and oxygen atoms in total. The summed E-state index contributed by atoms with van der Waals surface area (Å²) in [7, 11) is 0. The van der Waals surface area contributed by atoms with Crippen molar-refractivity contribution in [1.82, 2.24) is 5.32 Å². The summed E-state index contributed by atoms with van der Waals surface area (Å²) >= 11 is 1.56. The van der Waals surface area contributed by atoms with Gasteiger partial charge in [-0.25, -0.2) is 0 Å². The molecule has 1 aromatic heterocycles. The zero-order valence-electron chi connectivity index (χ0n) is 12.3. The number of amides is 1. The highest BCUT2D eigenvalue weighted by molar-refractivity contribution is 7.14. The van der Waals surface area contributed by atoms with Gasteiger partial charge in [0.15, 0.2) is 0 Å². The van der Waals surface area contributed by atoms with Gasteiger partial charge in [-0.05, 0) is 30.5 Å². The number of halogens is 1. The Kier molecular flexibility index (Phi) is 6.89. The highest BCUT2D eigenvalue weighted by Crippen LogP contribution is 2.22. The molecule has 114 valence electrons. The zero-order chi connectivity index (χ0) is 14.5. The van der Waals surface area contributed by atoms with Crippen LogP contribution in [0.5, 0.6) is 0 Å². The van der Waals surface area contributed by atoms with Crippen molar-refractivity contribution in [1.29, 1.82) is 0 Å². The second-order valence-electron chi connectivity index (χ2n) is 4.80. The Balaban J connectivity index is 0.00000220. The SMILES string of the molecule is CCc1sc(C(=O)NCC(N)c2ccccc2)cc1C.Cl. The number of nitrogens with two attached hydrogens (primary N) is 1. The van der Waals surface area contributed by atoms with E-state index in [1.807, 2.05) is 43.3 Å². The van der Waals surface area contributed by atoms with Gasteiger partial charge in [-0.3, -0.25) is 4.79 Å². The normalized spacial score (nSPS) is 11.6. The third kappa shape index (κ3) is 4.56. The fourth-order valence-electron chi connectivity index (χ4n) is 2.09. The van der Waals surface area contributed by atoms with Crippen LogP contribution in [0.2, 0.25) is 0 Å². The van der Waals surface area contributed by atoms with Crippen molar-refractivity contribution in [3.63, 3.8) is 0 Å². The summed E-state index contributed by atoms with van der Waals surface area (Å²) in [6.07, 6.45) is 0.966. The fourth-order valence-corrected chi connectivity index (χ4v) is 3.12. The number of benzene rings is 1. The second-order valence-corrected chi connectivity index (χ2v) is 5.93. The molecule has 0 spiro atoms. The predicted octanol–water partition coefficient (Wildman–Crippen LogP) is 3.47. The maximum absolute atomic E-state index is 12.1. The summed E-state index contributed by atoms with van der Waals surface area (Å²) in [5.41, 5.74) is 8.29. The Labute approximate surface area is 136 Å². The molecule has 21 heavy (non-hydrogen) atoms. The number of carbonyl (C=O) groups is 1. The first-order chi connectivity index (χ1) is 9.61. The van der Waals surface area contributed by atoms with Crippen LogP contribution >= 0.6 is 23.7 Å². The molecule has 0 aliphatic carbocycles. The van der Waals surface area contributed by atoms with Crippen LogP contribution in [0.3, 0.4) is 0 Å². The van der Waals surface area contributed by atoms with Crippen molar-refractivity contribution in [2.45, 2.75) is 26.3 Å². The van der Waals surface area contributed by atoms with Gasteiger partial charge in [0.1, 0.15) is 0 Å². The number of nitrogens with one attached hydrogen (secondary N) is 1. The van der Waals surface area contributed by atoms with Crippen molar-refractivity contribution >= 4 is 29.7 Å². The Bertz CT molecular complexity index is 583. The molecular weight excluding hydrogens is 304 g/mol. The zero-order valence-corrected chi connectivity index (χ0v) is 13.9. The van der Waals surface area contributed by atoms with Crippen LogP contribution in [0.4, 0.5) is 0 Å². The summed E-state index contributed by atoms with van der Waals surface area (Å²) in [6.45, 7) is 4.59. The average molecular weight is 325 g/mol. The molecule has 0 saturated carbocycles. The van der Waals surface area contributed by atoms with Crippen LogP contribution in [0.1, 0.15) is 38.6 Å². The molecule has 5 heteroatoms. The average Bonchev–Trinajstić information content (AvgIpc) is 2.86. The standard InChI is InChI=1S/C16H20N2OS.ClH/c1-3-14-11(2)9-15(20-14)16(19)18-10-13(17)12-7-5-4-6-8-12;/h4-9,13H,3,10,17H2,1-2H3,(H,18,19);1H. The van der Waals surface area contributed by atoms with Gasteiger partial charge in [-0.1, -0.05) is 37.3 Å². The molecule has 1 amide bonds. The van der Waals surface area contributed by atoms with Crippen LogP contribution < -0.4 is 11.1 Å². The van der Waals surface area contributed by atoms with E-state index in [9.17, 15) is 4.79 Å². The van der Waals surface area contributed by atoms with Crippen molar-refractivity contribution in [3.05, 3.63) is 57.3 Å². The third-order valence-corrected chi connectivity index (χ3v) is 4.66. The molecule has 2 aromatic rings. The van der Waals surface area contributed by atoms with E-state index in [0.29, 0.717) is 6.54 Å². The lowest BCUT2D eigenvalue weighted by atomic mass is 10.1. The van der Waals surface area contributed by atoms with Gasteiger partial charge in [-0.2, -0.15) is 0 Å². The molecule has 3 N–H and O–H groups in total. The highest BCUT2D eigenvalue weighted by atomic mass is 35.5. The van der Waals surface area contributed by atoms with Crippen LogP contribution in [0, 0.1) is 6.92 Å². The first-order valence-corrected chi connectivity index (χ1v) is 7.61. The molecule has 1 heterocycles. The molecule has 1 atom stereocenters. The molecule has 1 aromatic carbocycles. The van der Waals surface area contributed by atoms with E-state index in [1.54, 1.807) is 11.3 Å². The van der Waals surface area contributed by atoms with Gasteiger partial charge in [0.05, 0.1) is 4.88 Å². The molecule has 0 radical (unpaired) electrons. The Hall–Kier alpha value is -1.36. The molecule has 0 fully saturated rings. The van der Waals surface area contributed by atoms with Gasteiger partial charge >= 0.3 is 0 Å². The molecule has 1 unspecified atom stereocenters. The monoisotopic (exact) mass is 324 g/mol. The summed E-state index contributed by atoms with van der Waals surface area (Å²) in [6, 6.07) is 11.6.